The van der Waals surface area contributed by atoms with Crippen molar-refractivity contribution in [1.82, 2.24) is 14.2 Å². The molecule has 0 radical (unpaired) electrons. The maximum Gasteiger partial charge on any atom is 0.301 e. The average Bonchev–Trinajstić information content (AvgIpc) is 2.68. The maximum absolute atomic E-state index is 12.8. The Bertz CT molecular complexity index is 988. The molecule has 2 heterocycles. The van der Waals surface area contributed by atoms with E-state index in [0.29, 0.717) is 24.3 Å². The molecule has 0 saturated carbocycles. The number of rotatable bonds is 5. The van der Waals surface area contributed by atoms with Crippen LogP contribution in [0, 0.1) is 13.8 Å². The van der Waals surface area contributed by atoms with Gasteiger partial charge in [0, 0.05) is 57.7 Å². The zero-order chi connectivity index (χ0) is 21.2. The zero-order valence-corrected chi connectivity index (χ0v) is 19.3. The lowest BCUT2D eigenvalue weighted by Crippen LogP contribution is -2.49. The van der Waals surface area contributed by atoms with Crippen LogP contribution in [0.4, 0.5) is 11.5 Å². The van der Waals surface area contributed by atoms with Crippen molar-refractivity contribution < 1.29 is 13.2 Å². The van der Waals surface area contributed by atoms with E-state index in [1.165, 1.54) is 14.1 Å². The van der Waals surface area contributed by atoms with E-state index in [4.69, 9.17) is 0 Å². The Morgan fingerprint density at radius 1 is 1.07 bits per heavy atom. The first-order valence-corrected chi connectivity index (χ1v) is 10.9. The lowest BCUT2D eigenvalue weighted by molar-refractivity contribution is 0.0746. The minimum absolute atomic E-state index is 0. The Kier molecular flexibility index (Phi) is 7.68. The molecule has 3 rings (SSSR count). The fourth-order valence-corrected chi connectivity index (χ4v) is 3.88. The quantitative estimate of drug-likeness (QED) is 0.750. The Labute approximate surface area is 184 Å². The molecular weight excluding hydrogens is 426 g/mol. The molecule has 1 aliphatic rings. The number of aryl methyl sites for hydroxylation is 2. The standard InChI is InChI=1S/C20H27N5O3S.ClH/c1-15-13-16(2)19(21-14-15)24-9-11-25(12-10-24)20(26)17-5-7-18(8-6-17)22-29(27,28)23(3)4;/h5-8,13-14,22H,9-12H2,1-4H3;1H. The van der Waals surface area contributed by atoms with Crippen LogP contribution in [0.5, 0.6) is 0 Å². The molecule has 0 spiro atoms. The van der Waals surface area contributed by atoms with E-state index in [-0.39, 0.29) is 18.3 Å². The fourth-order valence-electron chi connectivity index (χ4n) is 3.26. The first kappa shape index (κ1) is 23.9. The van der Waals surface area contributed by atoms with Crippen molar-refractivity contribution >= 4 is 40.0 Å². The molecule has 2 aromatic rings. The molecule has 1 saturated heterocycles. The summed E-state index contributed by atoms with van der Waals surface area (Å²) in [5.41, 5.74) is 3.23. The first-order chi connectivity index (χ1) is 13.7. The minimum Gasteiger partial charge on any atom is -0.353 e. The van der Waals surface area contributed by atoms with Crippen LogP contribution in [0.1, 0.15) is 21.5 Å². The lowest BCUT2D eigenvalue weighted by Gasteiger charge is -2.36. The normalized spacial score (nSPS) is 14.4. The number of carbonyl (C=O) groups is 1. The molecule has 0 atom stereocenters. The third kappa shape index (κ3) is 5.41. The van der Waals surface area contributed by atoms with Crippen LogP contribution >= 0.6 is 12.4 Å². The molecule has 8 nitrogen and oxygen atoms in total. The van der Waals surface area contributed by atoms with Crippen molar-refractivity contribution in [3.8, 4) is 0 Å². The van der Waals surface area contributed by atoms with Gasteiger partial charge in [-0.2, -0.15) is 12.7 Å². The van der Waals surface area contributed by atoms with Crippen molar-refractivity contribution in [3.63, 3.8) is 0 Å². The highest BCUT2D eigenvalue weighted by Gasteiger charge is 2.24. The number of pyridine rings is 1. The number of benzene rings is 1. The molecule has 1 aromatic heterocycles. The molecule has 164 valence electrons. The van der Waals surface area contributed by atoms with Gasteiger partial charge < -0.3 is 9.80 Å². The van der Waals surface area contributed by atoms with E-state index < -0.39 is 10.2 Å². The predicted molar refractivity (Wildman–Crippen MR) is 122 cm³/mol. The molecule has 0 unspecified atom stereocenters. The van der Waals surface area contributed by atoms with Crippen molar-refractivity contribution in [2.24, 2.45) is 0 Å². The van der Waals surface area contributed by atoms with Crippen LogP contribution < -0.4 is 9.62 Å². The summed E-state index contributed by atoms with van der Waals surface area (Å²) in [5.74, 6) is 0.917. The number of halogens is 1. The van der Waals surface area contributed by atoms with Crippen LogP contribution in [0.15, 0.2) is 36.5 Å². The zero-order valence-electron chi connectivity index (χ0n) is 17.6. The summed E-state index contributed by atoms with van der Waals surface area (Å²) >= 11 is 0. The number of piperazine rings is 1. The summed E-state index contributed by atoms with van der Waals surface area (Å²) in [6.45, 7) is 6.76. The van der Waals surface area contributed by atoms with Gasteiger partial charge in [0.15, 0.2) is 0 Å². The summed E-state index contributed by atoms with van der Waals surface area (Å²) in [4.78, 5) is 21.4. The maximum atomic E-state index is 12.8. The van der Waals surface area contributed by atoms with Crippen LogP contribution in [0.2, 0.25) is 0 Å². The second kappa shape index (κ2) is 9.63. The van der Waals surface area contributed by atoms with Crippen molar-refractivity contribution in [2.75, 3.05) is 49.9 Å². The van der Waals surface area contributed by atoms with Gasteiger partial charge in [0.05, 0.1) is 0 Å². The highest BCUT2D eigenvalue weighted by atomic mass is 35.5. The van der Waals surface area contributed by atoms with Crippen LogP contribution in [-0.4, -0.2) is 68.8 Å². The Hall–Kier alpha value is -2.36. The Morgan fingerprint density at radius 2 is 1.67 bits per heavy atom. The van der Waals surface area contributed by atoms with Crippen molar-refractivity contribution in [1.29, 1.82) is 0 Å². The number of amides is 1. The van der Waals surface area contributed by atoms with Gasteiger partial charge in [0.2, 0.25) is 0 Å². The van der Waals surface area contributed by atoms with Gasteiger partial charge in [-0.05, 0) is 49.2 Å². The smallest absolute Gasteiger partial charge is 0.301 e. The van der Waals surface area contributed by atoms with Gasteiger partial charge in [-0.15, -0.1) is 12.4 Å². The molecule has 1 N–H and O–H groups in total. The second-order valence-corrected chi connectivity index (χ2v) is 9.28. The van der Waals surface area contributed by atoms with Gasteiger partial charge >= 0.3 is 10.2 Å². The highest BCUT2D eigenvalue weighted by molar-refractivity contribution is 7.90. The predicted octanol–water partition coefficient (Wildman–Crippen LogP) is 2.30. The number of aromatic nitrogens is 1. The number of nitrogens with one attached hydrogen (secondary N) is 1. The molecule has 0 bridgehead atoms. The molecule has 10 heteroatoms. The number of nitrogens with zero attached hydrogens (tertiary/aromatic N) is 4. The molecule has 30 heavy (non-hydrogen) atoms. The van der Waals surface area contributed by atoms with E-state index in [1.54, 1.807) is 24.3 Å². The van der Waals surface area contributed by atoms with E-state index in [2.05, 4.69) is 27.6 Å². The summed E-state index contributed by atoms with van der Waals surface area (Å²) < 4.78 is 27.3. The van der Waals surface area contributed by atoms with E-state index >= 15 is 0 Å². The number of anilines is 2. The average molecular weight is 454 g/mol. The highest BCUT2D eigenvalue weighted by Crippen LogP contribution is 2.20. The van der Waals surface area contributed by atoms with Gasteiger partial charge in [0.25, 0.3) is 5.91 Å². The van der Waals surface area contributed by atoms with Crippen LogP contribution in [0.3, 0.4) is 0 Å². The summed E-state index contributed by atoms with van der Waals surface area (Å²) in [6, 6.07) is 8.61. The molecule has 0 aliphatic carbocycles. The summed E-state index contributed by atoms with van der Waals surface area (Å²) in [5, 5.41) is 0. The fraction of sp³-hybridized carbons (Fsp3) is 0.400. The third-order valence-corrected chi connectivity index (χ3v) is 6.37. The minimum atomic E-state index is -3.57. The number of hydrogen-bond acceptors (Lipinski definition) is 5. The van der Waals surface area contributed by atoms with E-state index in [1.807, 2.05) is 18.0 Å². The van der Waals surface area contributed by atoms with Gasteiger partial charge in [-0.3, -0.25) is 9.52 Å². The molecule has 1 amide bonds. The molecule has 1 fully saturated rings. The molecule has 1 aliphatic heterocycles. The Balaban J connectivity index is 0.00000320. The number of hydrogen-bond donors (Lipinski definition) is 1. The molecule has 1 aromatic carbocycles. The first-order valence-electron chi connectivity index (χ1n) is 9.45. The third-order valence-electron chi connectivity index (χ3n) is 4.91. The largest absolute Gasteiger partial charge is 0.353 e. The van der Waals surface area contributed by atoms with Crippen molar-refractivity contribution in [2.45, 2.75) is 13.8 Å². The van der Waals surface area contributed by atoms with Gasteiger partial charge in [-0.1, -0.05) is 6.07 Å². The summed E-state index contributed by atoms with van der Waals surface area (Å²) in [7, 11) is -0.663. The Morgan fingerprint density at radius 3 is 2.20 bits per heavy atom. The summed E-state index contributed by atoms with van der Waals surface area (Å²) in [6.07, 6.45) is 1.87. The SMILES string of the molecule is Cc1cnc(N2CCN(C(=O)c3ccc(NS(=O)(=O)N(C)C)cc3)CC2)c(C)c1.Cl. The topological polar surface area (TPSA) is 85.9 Å². The lowest BCUT2D eigenvalue weighted by atomic mass is 10.1. The van der Waals surface area contributed by atoms with E-state index in [9.17, 15) is 13.2 Å². The van der Waals surface area contributed by atoms with Gasteiger partial charge in [-0.25, -0.2) is 4.98 Å². The molecular formula is C20H28ClN5O3S. The van der Waals surface area contributed by atoms with E-state index in [0.717, 1.165) is 34.3 Å². The monoisotopic (exact) mass is 453 g/mol. The van der Waals surface area contributed by atoms with Crippen molar-refractivity contribution in [3.05, 3.63) is 53.2 Å². The van der Waals surface area contributed by atoms with Crippen LogP contribution in [-0.2, 0) is 10.2 Å². The van der Waals surface area contributed by atoms with Gasteiger partial charge in [0.1, 0.15) is 5.82 Å². The van der Waals surface area contributed by atoms with Crippen LogP contribution in [0.25, 0.3) is 0 Å². The number of carbonyl (C=O) groups excluding carboxylic acids is 1. The second-order valence-electron chi connectivity index (χ2n) is 7.40.